The summed E-state index contributed by atoms with van der Waals surface area (Å²) in [6, 6.07) is 6.33. The highest BCUT2D eigenvalue weighted by molar-refractivity contribution is 7.90. The summed E-state index contributed by atoms with van der Waals surface area (Å²) < 4.78 is 52.4. The smallest absolute Gasteiger partial charge is 0.253 e. The third-order valence-corrected chi connectivity index (χ3v) is 6.28. The molecule has 28 heavy (non-hydrogen) atoms. The molecule has 1 aromatic carbocycles. The lowest BCUT2D eigenvalue weighted by Gasteiger charge is -2.30. The molecule has 0 saturated heterocycles. The molecule has 0 spiro atoms. The number of anilines is 1. The van der Waals surface area contributed by atoms with E-state index in [1.807, 2.05) is 0 Å². The van der Waals surface area contributed by atoms with Gasteiger partial charge in [-0.25, -0.2) is 17.2 Å². The molecule has 0 radical (unpaired) electrons. The topological polar surface area (TPSA) is 68.2 Å². The van der Waals surface area contributed by atoms with Crippen molar-refractivity contribution in [3.8, 4) is 11.1 Å². The van der Waals surface area contributed by atoms with Gasteiger partial charge in [0.1, 0.15) is 0 Å². The van der Waals surface area contributed by atoms with Crippen LogP contribution >= 0.6 is 0 Å². The van der Waals surface area contributed by atoms with Crippen LogP contribution in [0, 0.1) is 6.92 Å². The van der Waals surface area contributed by atoms with Gasteiger partial charge in [-0.05, 0) is 44.0 Å². The van der Waals surface area contributed by atoms with E-state index in [1.165, 1.54) is 10.6 Å². The Morgan fingerprint density at radius 3 is 2.39 bits per heavy atom. The van der Waals surface area contributed by atoms with Crippen LogP contribution in [-0.2, 0) is 16.9 Å². The summed E-state index contributed by atoms with van der Waals surface area (Å²) >= 11 is 0. The first-order valence-electron chi connectivity index (χ1n) is 9.12. The van der Waals surface area contributed by atoms with E-state index in [0.717, 1.165) is 6.26 Å². The zero-order valence-corrected chi connectivity index (χ0v) is 16.9. The predicted molar refractivity (Wildman–Crippen MR) is 106 cm³/mol. The first kappa shape index (κ1) is 20.5. The van der Waals surface area contributed by atoms with E-state index in [4.69, 9.17) is 0 Å². The van der Waals surface area contributed by atoms with Gasteiger partial charge < -0.3 is 9.88 Å². The Hall–Kier alpha value is -2.22. The number of pyridine rings is 1. The molecule has 0 atom stereocenters. The first-order valence-corrected chi connectivity index (χ1v) is 11.0. The van der Waals surface area contributed by atoms with Crippen molar-refractivity contribution in [2.45, 2.75) is 49.5 Å². The van der Waals surface area contributed by atoms with Crippen LogP contribution in [-0.4, -0.2) is 31.2 Å². The lowest BCUT2D eigenvalue weighted by molar-refractivity contribution is -0.0360. The van der Waals surface area contributed by atoms with E-state index in [2.05, 4.69) is 5.32 Å². The molecular weight excluding hydrogens is 386 g/mol. The Labute approximate surface area is 163 Å². The van der Waals surface area contributed by atoms with Gasteiger partial charge >= 0.3 is 0 Å². The van der Waals surface area contributed by atoms with Crippen LogP contribution in [0.4, 0.5) is 14.5 Å². The van der Waals surface area contributed by atoms with Crippen LogP contribution in [0.3, 0.4) is 0 Å². The second-order valence-corrected chi connectivity index (χ2v) is 9.60. The lowest BCUT2D eigenvalue weighted by Crippen LogP contribution is -2.32. The Kier molecular flexibility index (Phi) is 5.36. The molecule has 152 valence electrons. The number of halogens is 2. The van der Waals surface area contributed by atoms with Crippen molar-refractivity contribution in [2.24, 2.45) is 7.05 Å². The van der Waals surface area contributed by atoms with Gasteiger partial charge in [-0.15, -0.1) is 0 Å². The van der Waals surface area contributed by atoms with Crippen molar-refractivity contribution in [3.63, 3.8) is 0 Å². The quantitative estimate of drug-likeness (QED) is 0.834. The number of benzene rings is 1. The molecule has 1 fully saturated rings. The monoisotopic (exact) mass is 410 g/mol. The van der Waals surface area contributed by atoms with E-state index in [9.17, 15) is 22.0 Å². The molecule has 1 aliphatic rings. The maximum absolute atomic E-state index is 13.4. The Balaban J connectivity index is 2.04. The highest BCUT2D eigenvalue weighted by Crippen LogP contribution is 2.36. The van der Waals surface area contributed by atoms with E-state index in [-0.39, 0.29) is 29.3 Å². The maximum atomic E-state index is 13.4. The van der Waals surface area contributed by atoms with Crippen molar-refractivity contribution < 1.29 is 17.2 Å². The fourth-order valence-electron chi connectivity index (χ4n) is 3.55. The van der Waals surface area contributed by atoms with Crippen LogP contribution in [0.25, 0.3) is 11.1 Å². The average molecular weight is 410 g/mol. The number of aryl methyl sites for hydroxylation is 2. The third kappa shape index (κ3) is 4.43. The van der Waals surface area contributed by atoms with Crippen LogP contribution in [0.2, 0.25) is 0 Å². The van der Waals surface area contributed by atoms with Crippen molar-refractivity contribution in [1.29, 1.82) is 0 Å². The van der Waals surface area contributed by atoms with E-state index in [0.29, 0.717) is 35.2 Å². The summed E-state index contributed by atoms with van der Waals surface area (Å²) in [6.45, 7) is 1.70. The minimum Gasteiger partial charge on any atom is -0.382 e. The average Bonchev–Trinajstić information content (AvgIpc) is 2.60. The van der Waals surface area contributed by atoms with Gasteiger partial charge in [0.15, 0.2) is 9.84 Å². The molecule has 1 N–H and O–H groups in total. The molecule has 2 aromatic rings. The van der Waals surface area contributed by atoms with Gasteiger partial charge in [0, 0.05) is 60.8 Å². The van der Waals surface area contributed by atoms with Crippen molar-refractivity contribution in [2.75, 3.05) is 11.6 Å². The van der Waals surface area contributed by atoms with Gasteiger partial charge in [-0.3, -0.25) is 4.79 Å². The number of hydrogen-bond acceptors (Lipinski definition) is 4. The minimum absolute atomic E-state index is 0.115. The van der Waals surface area contributed by atoms with E-state index in [1.54, 1.807) is 38.4 Å². The number of sulfone groups is 1. The number of hydrogen-bond donors (Lipinski definition) is 1. The number of nitrogens with one attached hydrogen (secondary N) is 1. The van der Waals surface area contributed by atoms with Crippen LogP contribution < -0.4 is 10.9 Å². The summed E-state index contributed by atoms with van der Waals surface area (Å²) in [7, 11) is -1.79. The number of nitrogens with zero attached hydrogens (tertiary/aromatic N) is 1. The number of aromatic nitrogens is 1. The van der Waals surface area contributed by atoms with Crippen LogP contribution in [0.5, 0.6) is 0 Å². The molecule has 1 aliphatic carbocycles. The predicted octanol–water partition coefficient (Wildman–Crippen LogP) is 3.75. The summed E-state index contributed by atoms with van der Waals surface area (Å²) in [5, 5.41) is 3.30. The highest BCUT2D eigenvalue weighted by atomic mass is 32.2. The normalized spacial score (nSPS) is 17.5. The zero-order valence-electron chi connectivity index (χ0n) is 16.1. The second kappa shape index (κ2) is 7.31. The largest absolute Gasteiger partial charge is 0.382 e. The Morgan fingerprint density at radius 2 is 1.82 bits per heavy atom. The SMILES string of the molecule is Cc1cc(-c2cc(S(C)(=O)=O)ccc2NC2CCC(F)(F)CC2)cn(C)c1=O. The van der Waals surface area contributed by atoms with Gasteiger partial charge in [-0.1, -0.05) is 0 Å². The molecule has 0 amide bonds. The fraction of sp³-hybridized carbons (Fsp3) is 0.450. The fourth-order valence-corrected chi connectivity index (χ4v) is 4.20. The molecule has 0 aliphatic heterocycles. The molecule has 1 heterocycles. The van der Waals surface area contributed by atoms with Gasteiger partial charge in [-0.2, -0.15) is 0 Å². The summed E-state index contributed by atoms with van der Waals surface area (Å²) in [6.07, 6.45) is 3.13. The molecule has 5 nitrogen and oxygen atoms in total. The number of rotatable bonds is 4. The van der Waals surface area contributed by atoms with Gasteiger partial charge in [0.2, 0.25) is 5.92 Å². The maximum Gasteiger partial charge on any atom is 0.253 e. The first-order chi connectivity index (χ1) is 13.0. The standard InChI is InChI=1S/C20H24F2N2O3S/c1-13-10-14(12-24(2)19(13)25)17-11-16(28(3,26)27)4-5-18(17)23-15-6-8-20(21,22)9-7-15/h4-5,10-12,15,23H,6-9H2,1-3H3. The summed E-state index contributed by atoms with van der Waals surface area (Å²) in [5.74, 6) is -2.62. The van der Waals surface area contributed by atoms with Gasteiger partial charge in [0.05, 0.1) is 4.90 Å². The van der Waals surface area contributed by atoms with E-state index >= 15 is 0 Å². The van der Waals surface area contributed by atoms with Crippen molar-refractivity contribution in [1.82, 2.24) is 4.57 Å². The van der Waals surface area contributed by atoms with Gasteiger partial charge in [0.25, 0.3) is 5.56 Å². The molecule has 1 saturated carbocycles. The highest BCUT2D eigenvalue weighted by Gasteiger charge is 2.35. The number of alkyl halides is 2. The summed E-state index contributed by atoms with van der Waals surface area (Å²) in [5.41, 5.74) is 2.38. The van der Waals surface area contributed by atoms with Crippen LogP contribution in [0.15, 0.2) is 40.2 Å². The zero-order chi connectivity index (χ0) is 20.7. The molecule has 0 bridgehead atoms. The third-order valence-electron chi connectivity index (χ3n) is 5.17. The Bertz CT molecular complexity index is 1030. The molecule has 3 rings (SSSR count). The van der Waals surface area contributed by atoms with Crippen molar-refractivity contribution >= 4 is 15.5 Å². The van der Waals surface area contributed by atoms with Crippen LogP contribution in [0.1, 0.15) is 31.2 Å². The van der Waals surface area contributed by atoms with E-state index < -0.39 is 15.8 Å². The molecule has 1 aromatic heterocycles. The molecular formula is C20H24F2N2O3S. The molecule has 0 unspecified atom stereocenters. The summed E-state index contributed by atoms with van der Waals surface area (Å²) in [4.78, 5) is 12.2. The Morgan fingerprint density at radius 1 is 1.18 bits per heavy atom. The minimum atomic E-state index is -3.42. The molecule has 8 heteroatoms. The van der Waals surface area contributed by atoms with Crippen molar-refractivity contribution in [3.05, 3.63) is 46.4 Å². The lowest BCUT2D eigenvalue weighted by atomic mass is 9.91. The second-order valence-electron chi connectivity index (χ2n) is 7.58.